The molecule has 1 heterocycles. The molecule has 3 nitrogen and oxygen atoms in total. The summed E-state index contributed by atoms with van der Waals surface area (Å²) in [6.45, 7) is 11.6. The van der Waals surface area contributed by atoms with Crippen LogP contribution in [0.5, 0.6) is 0 Å². The molecule has 0 radical (unpaired) electrons. The van der Waals surface area contributed by atoms with Gasteiger partial charge in [-0.1, -0.05) is 6.92 Å². The number of nitrogens with one attached hydrogen (secondary N) is 1. The molecule has 1 aliphatic rings. The van der Waals surface area contributed by atoms with Crippen LogP contribution in [-0.4, -0.2) is 36.0 Å². The van der Waals surface area contributed by atoms with Crippen molar-refractivity contribution in [3.63, 3.8) is 0 Å². The molecule has 94 valence electrons. The number of carbonyl (C=O) groups is 1. The zero-order valence-corrected chi connectivity index (χ0v) is 11.2. The first-order chi connectivity index (χ1) is 7.37. The lowest BCUT2D eigenvalue weighted by Crippen LogP contribution is -2.42. The Morgan fingerprint density at radius 2 is 1.88 bits per heavy atom. The Morgan fingerprint density at radius 1 is 1.31 bits per heavy atom. The smallest absolute Gasteiger partial charge is 0.221 e. The highest BCUT2D eigenvalue weighted by molar-refractivity contribution is 5.76. The highest BCUT2D eigenvalue weighted by Gasteiger charge is 2.18. The Balaban J connectivity index is 2.17. The summed E-state index contributed by atoms with van der Waals surface area (Å²) in [5.41, 5.74) is -0.104. The SMILES string of the molecule is CC1CCN(CCC(=O)NC(C)(C)C)CC1. The third-order valence-corrected chi connectivity index (χ3v) is 3.05. The fourth-order valence-corrected chi connectivity index (χ4v) is 2.03. The van der Waals surface area contributed by atoms with Gasteiger partial charge in [0, 0.05) is 18.5 Å². The lowest BCUT2D eigenvalue weighted by Gasteiger charge is -2.30. The van der Waals surface area contributed by atoms with Gasteiger partial charge >= 0.3 is 0 Å². The van der Waals surface area contributed by atoms with Crippen molar-refractivity contribution in [1.82, 2.24) is 10.2 Å². The third kappa shape index (κ3) is 5.50. The van der Waals surface area contributed by atoms with Crippen LogP contribution in [0.15, 0.2) is 0 Å². The molecule has 1 aliphatic heterocycles. The van der Waals surface area contributed by atoms with E-state index in [1.54, 1.807) is 0 Å². The van der Waals surface area contributed by atoms with E-state index in [2.05, 4.69) is 17.1 Å². The first-order valence-corrected chi connectivity index (χ1v) is 6.40. The van der Waals surface area contributed by atoms with Gasteiger partial charge in [-0.25, -0.2) is 0 Å². The van der Waals surface area contributed by atoms with Crippen molar-refractivity contribution in [1.29, 1.82) is 0 Å². The van der Waals surface area contributed by atoms with Crippen LogP contribution in [0, 0.1) is 5.92 Å². The zero-order valence-electron chi connectivity index (χ0n) is 11.2. The Labute approximate surface area is 99.6 Å². The first-order valence-electron chi connectivity index (χ1n) is 6.40. The second kappa shape index (κ2) is 5.67. The van der Waals surface area contributed by atoms with E-state index in [0.29, 0.717) is 6.42 Å². The van der Waals surface area contributed by atoms with Gasteiger partial charge in [0.1, 0.15) is 0 Å². The van der Waals surface area contributed by atoms with Crippen molar-refractivity contribution in [3.8, 4) is 0 Å². The molecular weight excluding hydrogens is 200 g/mol. The van der Waals surface area contributed by atoms with Crippen LogP contribution in [0.4, 0.5) is 0 Å². The number of nitrogens with zero attached hydrogens (tertiary/aromatic N) is 1. The fourth-order valence-electron chi connectivity index (χ4n) is 2.03. The number of rotatable bonds is 3. The number of piperidine rings is 1. The van der Waals surface area contributed by atoms with Crippen LogP contribution in [-0.2, 0) is 4.79 Å². The second-order valence-corrected chi connectivity index (χ2v) is 6.07. The highest BCUT2D eigenvalue weighted by Crippen LogP contribution is 2.15. The van der Waals surface area contributed by atoms with E-state index in [1.807, 2.05) is 20.8 Å². The molecule has 0 aliphatic carbocycles. The number of hydrogen-bond donors (Lipinski definition) is 1. The minimum atomic E-state index is -0.104. The van der Waals surface area contributed by atoms with Gasteiger partial charge in [-0.15, -0.1) is 0 Å². The van der Waals surface area contributed by atoms with Crippen LogP contribution in [0.25, 0.3) is 0 Å². The molecule has 0 aromatic heterocycles. The molecule has 1 saturated heterocycles. The largest absolute Gasteiger partial charge is 0.351 e. The molecule has 0 aromatic carbocycles. The van der Waals surface area contributed by atoms with Gasteiger partial charge in [0.2, 0.25) is 5.91 Å². The van der Waals surface area contributed by atoms with Crippen molar-refractivity contribution >= 4 is 5.91 Å². The third-order valence-electron chi connectivity index (χ3n) is 3.05. The standard InChI is InChI=1S/C13H26N2O/c1-11-5-8-15(9-6-11)10-7-12(16)14-13(2,3)4/h11H,5-10H2,1-4H3,(H,14,16). The van der Waals surface area contributed by atoms with Gasteiger partial charge in [0.25, 0.3) is 0 Å². The van der Waals surface area contributed by atoms with Crippen molar-refractivity contribution in [2.75, 3.05) is 19.6 Å². The van der Waals surface area contributed by atoms with Crippen LogP contribution >= 0.6 is 0 Å². The Bertz CT molecular complexity index is 225. The normalized spacial score (nSPS) is 19.8. The summed E-state index contributed by atoms with van der Waals surface area (Å²) >= 11 is 0. The zero-order chi connectivity index (χ0) is 12.2. The van der Waals surface area contributed by atoms with E-state index in [1.165, 1.54) is 12.8 Å². The van der Waals surface area contributed by atoms with Crippen molar-refractivity contribution in [2.24, 2.45) is 5.92 Å². The molecule has 0 bridgehead atoms. The van der Waals surface area contributed by atoms with Crippen LogP contribution in [0.1, 0.15) is 47.0 Å². The molecule has 1 fully saturated rings. The molecule has 0 atom stereocenters. The summed E-state index contributed by atoms with van der Waals surface area (Å²) in [5.74, 6) is 1.03. The lowest BCUT2D eigenvalue weighted by molar-refractivity contribution is -0.122. The molecular formula is C13H26N2O. The van der Waals surface area contributed by atoms with E-state index in [0.717, 1.165) is 25.6 Å². The quantitative estimate of drug-likeness (QED) is 0.798. The maximum atomic E-state index is 11.6. The molecule has 3 heteroatoms. The number of hydrogen-bond acceptors (Lipinski definition) is 2. The highest BCUT2D eigenvalue weighted by atomic mass is 16.1. The monoisotopic (exact) mass is 226 g/mol. The summed E-state index contributed by atoms with van der Waals surface area (Å²) in [6.07, 6.45) is 3.19. The molecule has 0 aromatic rings. The minimum Gasteiger partial charge on any atom is -0.351 e. The van der Waals surface area contributed by atoms with Gasteiger partial charge in [0.05, 0.1) is 0 Å². The van der Waals surface area contributed by atoms with Gasteiger partial charge in [0.15, 0.2) is 0 Å². The van der Waals surface area contributed by atoms with E-state index in [-0.39, 0.29) is 11.4 Å². The first kappa shape index (κ1) is 13.5. The maximum absolute atomic E-state index is 11.6. The Hall–Kier alpha value is -0.570. The van der Waals surface area contributed by atoms with E-state index in [9.17, 15) is 4.79 Å². The van der Waals surface area contributed by atoms with Crippen molar-refractivity contribution < 1.29 is 4.79 Å². The summed E-state index contributed by atoms with van der Waals surface area (Å²) < 4.78 is 0. The van der Waals surface area contributed by atoms with E-state index < -0.39 is 0 Å². The van der Waals surface area contributed by atoms with E-state index >= 15 is 0 Å². The summed E-state index contributed by atoms with van der Waals surface area (Å²) in [6, 6.07) is 0. The van der Waals surface area contributed by atoms with Gasteiger partial charge in [-0.05, 0) is 52.6 Å². The maximum Gasteiger partial charge on any atom is 0.221 e. The molecule has 0 spiro atoms. The van der Waals surface area contributed by atoms with Crippen LogP contribution < -0.4 is 5.32 Å². The molecule has 0 unspecified atom stereocenters. The Kier molecular flexibility index (Phi) is 4.78. The molecule has 1 rings (SSSR count). The predicted molar refractivity (Wildman–Crippen MR) is 67.4 cm³/mol. The minimum absolute atomic E-state index is 0.104. The Morgan fingerprint density at radius 3 is 2.38 bits per heavy atom. The van der Waals surface area contributed by atoms with Gasteiger partial charge < -0.3 is 10.2 Å². The number of likely N-dealkylation sites (tertiary alicyclic amines) is 1. The molecule has 1 amide bonds. The van der Waals surface area contributed by atoms with Crippen molar-refractivity contribution in [3.05, 3.63) is 0 Å². The van der Waals surface area contributed by atoms with Crippen LogP contribution in [0.2, 0.25) is 0 Å². The predicted octanol–water partition coefficient (Wildman–Crippen LogP) is 2.02. The van der Waals surface area contributed by atoms with E-state index in [4.69, 9.17) is 0 Å². The average Bonchev–Trinajstić information content (AvgIpc) is 2.14. The molecule has 1 N–H and O–H groups in total. The fraction of sp³-hybridized carbons (Fsp3) is 0.923. The summed E-state index contributed by atoms with van der Waals surface area (Å²) in [7, 11) is 0. The van der Waals surface area contributed by atoms with Gasteiger partial charge in [-0.3, -0.25) is 4.79 Å². The number of amides is 1. The average molecular weight is 226 g/mol. The second-order valence-electron chi connectivity index (χ2n) is 6.07. The van der Waals surface area contributed by atoms with Gasteiger partial charge in [-0.2, -0.15) is 0 Å². The summed E-state index contributed by atoms with van der Waals surface area (Å²) in [5, 5.41) is 3.00. The topological polar surface area (TPSA) is 32.3 Å². The molecule has 16 heavy (non-hydrogen) atoms. The number of carbonyl (C=O) groups excluding carboxylic acids is 1. The molecule has 0 saturated carbocycles. The lowest BCUT2D eigenvalue weighted by atomic mass is 9.99. The van der Waals surface area contributed by atoms with Crippen molar-refractivity contribution in [2.45, 2.75) is 52.5 Å². The van der Waals surface area contributed by atoms with Crippen LogP contribution in [0.3, 0.4) is 0 Å². The summed E-state index contributed by atoms with van der Waals surface area (Å²) in [4.78, 5) is 14.0.